The highest BCUT2D eigenvalue weighted by Crippen LogP contribution is 2.33. The molecule has 3 aliphatic rings. The van der Waals surface area contributed by atoms with Crippen LogP contribution in [0, 0.1) is 0 Å². The van der Waals surface area contributed by atoms with E-state index in [2.05, 4.69) is 11.8 Å². The van der Waals surface area contributed by atoms with Crippen molar-refractivity contribution in [3.05, 3.63) is 24.3 Å². The summed E-state index contributed by atoms with van der Waals surface area (Å²) in [6.07, 6.45) is -19.1. The van der Waals surface area contributed by atoms with Crippen LogP contribution in [0.1, 0.15) is 46.0 Å². The van der Waals surface area contributed by atoms with Crippen LogP contribution in [0.3, 0.4) is 0 Å². The van der Waals surface area contributed by atoms with Gasteiger partial charge in [0.05, 0.1) is 26.4 Å². The number of unbranched alkanes of at least 4 members (excludes halogenated alkanes) is 4. The molecule has 0 unspecified atom stereocenters. The van der Waals surface area contributed by atoms with E-state index in [-0.39, 0.29) is 5.75 Å². The number of aliphatic hydroxyl groups is 10. The third-order valence-electron chi connectivity index (χ3n) is 8.79. The highest BCUT2D eigenvalue weighted by molar-refractivity contribution is 5.64. The molecule has 20 heteroatoms. The second-order valence-corrected chi connectivity index (χ2v) is 12.7. The van der Waals surface area contributed by atoms with Gasteiger partial charge in [-0.05, 0) is 30.7 Å². The lowest BCUT2D eigenvalue weighted by Crippen LogP contribution is -2.66. The van der Waals surface area contributed by atoms with Crippen molar-refractivity contribution in [3.8, 4) is 11.5 Å². The average molecular weight is 771 g/mol. The van der Waals surface area contributed by atoms with Crippen LogP contribution in [-0.4, -0.2) is 181 Å². The predicted octanol–water partition coefficient (Wildman–Crippen LogP) is -3.11. The lowest BCUT2D eigenvalue weighted by molar-refractivity contribution is -0.376. The Bertz CT molecular complexity index is 1170. The standard InChI is InChI=1S/C31H50O17.C2H4O3/c1-2-3-4-5-6-11-42-15-7-9-16(10-8-15)43-29-25(40)22(37)27(18(13-33)45-29)48-31-26(41)23(38)28(19(14-34)46-31)47-30-24(39)21(36)20(35)17(12-32)44-30;1-2(3)5-4/h7-10,17-41H,2-6,11-14H2,1H3;4H,1H3/t17-,18-,19-,20+,21+,22-,23-,24-,25-,26-,27-,28+,29-,30+,31+;/m1./s1. The fourth-order valence-corrected chi connectivity index (χ4v) is 5.78. The Morgan fingerprint density at radius 1 is 0.604 bits per heavy atom. The van der Waals surface area contributed by atoms with Crippen LogP contribution in [0.25, 0.3) is 0 Å². The Labute approximate surface area is 305 Å². The minimum atomic E-state index is -1.92. The molecular formula is C33H54O20. The van der Waals surface area contributed by atoms with Crippen LogP contribution >= 0.6 is 0 Å². The predicted molar refractivity (Wildman–Crippen MR) is 175 cm³/mol. The van der Waals surface area contributed by atoms with Crippen molar-refractivity contribution >= 4 is 5.97 Å². The summed E-state index contributed by atoms with van der Waals surface area (Å²) >= 11 is 0. The number of hydrogen-bond donors (Lipinski definition) is 11. The molecule has 15 atom stereocenters. The van der Waals surface area contributed by atoms with Crippen molar-refractivity contribution in [2.24, 2.45) is 0 Å². The molecule has 11 N–H and O–H groups in total. The number of aliphatic hydroxyl groups excluding tert-OH is 10. The summed E-state index contributed by atoms with van der Waals surface area (Å²) in [5.41, 5.74) is 0. The fourth-order valence-electron chi connectivity index (χ4n) is 5.78. The van der Waals surface area contributed by atoms with Crippen molar-refractivity contribution in [2.75, 3.05) is 26.4 Å². The maximum Gasteiger partial charge on any atom is 0.339 e. The van der Waals surface area contributed by atoms with Gasteiger partial charge in [-0.15, -0.1) is 0 Å². The number of carbonyl (C=O) groups excluding carboxylic acids is 1. The van der Waals surface area contributed by atoms with Gasteiger partial charge in [-0.1, -0.05) is 32.6 Å². The van der Waals surface area contributed by atoms with E-state index in [1.165, 1.54) is 6.42 Å². The van der Waals surface area contributed by atoms with E-state index < -0.39 is 118 Å². The van der Waals surface area contributed by atoms with E-state index in [0.717, 1.165) is 32.6 Å². The minimum Gasteiger partial charge on any atom is -0.494 e. The van der Waals surface area contributed by atoms with E-state index >= 15 is 0 Å². The van der Waals surface area contributed by atoms with Crippen molar-refractivity contribution in [2.45, 2.75) is 138 Å². The Morgan fingerprint density at radius 3 is 1.53 bits per heavy atom. The molecule has 0 amide bonds. The summed E-state index contributed by atoms with van der Waals surface area (Å²) in [7, 11) is 0. The van der Waals surface area contributed by atoms with Gasteiger partial charge in [0.1, 0.15) is 84.7 Å². The van der Waals surface area contributed by atoms with Crippen LogP contribution in [0.15, 0.2) is 24.3 Å². The summed E-state index contributed by atoms with van der Waals surface area (Å²) in [6, 6.07) is 6.55. The quantitative estimate of drug-likeness (QED) is 0.0450. The first-order chi connectivity index (χ1) is 25.3. The second-order valence-electron chi connectivity index (χ2n) is 12.7. The van der Waals surface area contributed by atoms with E-state index in [1.807, 2.05) is 0 Å². The number of rotatable bonds is 16. The third-order valence-corrected chi connectivity index (χ3v) is 8.79. The Morgan fingerprint density at radius 2 is 1.04 bits per heavy atom. The van der Waals surface area contributed by atoms with Crippen molar-refractivity contribution in [1.29, 1.82) is 0 Å². The van der Waals surface area contributed by atoms with Crippen LogP contribution in [0.2, 0.25) is 0 Å². The van der Waals surface area contributed by atoms with Gasteiger partial charge in [0, 0.05) is 6.92 Å². The largest absolute Gasteiger partial charge is 0.494 e. The smallest absolute Gasteiger partial charge is 0.339 e. The topological polar surface area (TPSA) is 313 Å². The Balaban J connectivity index is 0.00000141. The van der Waals surface area contributed by atoms with E-state index in [0.29, 0.717) is 12.4 Å². The molecule has 3 aliphatic heterocycles. The maximum absolute atomic E-state index is 11.0. The molecule has 0 aliphatic carbocycles. The maximum atomic E-state index is 11.0. The van der Waals surface area contributed by atoms with Crippen LogP contribution < -0.4 is 9.47 Å². The molecule has 1 aromatic carbocycles. The first kappa shape index (κ1) is 45.0. The van der Waals surface area contributed by atoms with Gasteiger partial charge in [0.25, 0.3) is 0 Å². The van der Waals surface area contributed by atoms with Gasteiger partial charge in [-0.2, -0.15) is 5.26 Å². The molecule has 20 nitrogen and oxygen atoms in total. The highest BCUT2D eigenvalue weighted by atomic mass is 17.1. The Kier molecular flexibility index (Phi) is 18.9. The van der Waals surface area contributed by atoms with Gasteiger partial charge in [-0.3, -0.25) is 0 Å². The minimum absolute atomic E-state index is 0.281. The molecule has 0 aromatic heterocycles. The van der Waals surface area contributed by atoms with Gasteiger partial charge >= 0.3 is 5.97 Å². The highest BCUT2D eigenvalue weighted by Gasteiger charge is 2.53. The molecule has 4 rings (SSSR count). The fraction of sp³-hybridized carbons (Fsp3) is 0.788. The molecule has 53 heavy (non-hydrogen) atoms. The second kappa shape index (κ2) is 22.3. The van der Waals surface area contributed by atoms with E-state index in [4.69, 9.17) is 38.4 Å². The lowest BCUT2D eigenvalue weighted by Gasteiger charge is -2.48. The molecular weight excluding hydrogens is 716 g/mol. The molecule has 3 fully saturated rings. The number of ether oxygens (including phenoxy) is 7. The SMILES string of the molecule is CC(=O)OO.CCCCCCCOc1ccc(O[C@@H]2O[C@H](CO)[C@@H](O[C@@H]3O[C@H](CO)[C@H](O[C@@H]4O[C@H](CO)[C@H](O)[C@H](O)[C@H]4O)[C@H](O)[C@H]3O)[C@H](O)[C@H]2O)cc1. The summed E-state index contributed by atoms with van der Waals surface area (Å²) in [6.45, 7) is 1.55. The van der Waals surface area contributed by atoms with Gasteiger partial charge < -0.3 is 89.1 Å². The molecule has 3 saturated heterocycles. The van der Waals surface area contributed by atoms with Crippen LogP contribution in [0.5, 0.6) is 11.5 Å². The normalized spacial score (nSPS) is 37.3. The molecule has 3 heterocycles. The first-order valence-electron chi connectivity index (χ1n) is 17.4. The van der Waals surface area contributed by atoms with Gasteiger partial charge in [0.2, 0.25) is 6.29 Å². The van der Waals surface area contributed by atoms with Crippen molar-refractivity contribution in [1.82, 2.24) is 0 Å². The number of hydrogen-bond acceptors (Lipinski definition) is 20. The van der Waals surface area contributed by atoms with Crippen molar-refractivity contribution < 1.29 is 99.2 Å². The number of benzene rings is 1. The molecule has 0 saturated carbocycles. The van der Waals surface area contributed by atoms with E-state index in [1.54, 1.807) is 24.3 Å². The van der Waals surface area contributed by atoms with Gasteiger partial charge in [0.15, 0.2) is 12.6 Å². The molecule has 0 spiro atoms. The van der Waals surface area contributed by atoms with Crippen LogP contribution in [-0.2, 0) is 33.4 Å². The lowest BCUT2D eigenvalue weighted by atomic mass is 9.96. The van der Waals surface area contributed by atoms with E-state index in [9.17, 15) is 55.9 Å². The zero-order valence-corrected chi connectivity index (χ0v) is 29.4. The Hall–Kier alpha value is -2.35. The summed E-state index contributed by atoms with van der Waals surface area (Å²) in [5, 5.41) is 111. The van der Waals surface area contributed by atoms with Crippen LogP contribution in [0.4, 0.5) is 0 Å². The summed E-state index contributed by atoms with van der Waals surface area (Å²) in [5.74, 6) is 0.216. The number of carbonyl (C=O) groups is 1. The molecule has 1 aromatic rings. The summed E-state index contributed by atoms with van der Waals surface area (Å²) in [4.78, 5) is 12.5. The average Bonchev–Trinajstić information content (AvgIpc) is 3.16. The molecule has 306 valence electrons. The third kappa shape index (κ3) is 12.3. The molecule has 0 bridgehead atoms. The zero-order chi connectivity index (χ0) is 39.2. The summed E-state index contributed by atoms with van der Waals surface area (Å²) < 4.78 is 39.3. The molecule has 0 radical (unpaired) electrons. The van der Waals surface area contributed by atoms with Gasteiger partial charge in [-0.25, -0.2) is 4.79 Å². The first-order valence-corrected chi connectivity index (χ1v) is 17.4. The van der Waals surface area contributed by atoms with Crippen molar-refractivity contribution in [3.63, 3.8) is 0 Å². The monoisotopic (exact) mass is 770 g/mol. The zero-order valence-electron chi connectivity index (χ0n) is 29.4.